The van der Waals surface area contributed by atoms with Crippen LogP contribution in [0.2, 0.25) is 5.28 Å². The number of hydrogen-bond acceptors (Lipinski definition) is 5. The maximum atomic E-state index is 6.14. The molecule has 1 N–H and O–H groups in total. The number of pyridine rings is 1. The lowest BCUT2D eigenvalue weighted by Gasteiger charge is -2.10. The van der Waals surface area contributed by atoms with Gasteiger partial charge < -0.3 is 9.88 Å². The molecule has 3 heterocycles. The fourth-order valence-corrected chi connectivity index (χ4v) is 2.97. The maximum absolute atomic E-state index is 6.14. The lowest BCUT2D eigenvalue weighted by atomic mass is 10.1. The second-order valence-electron chi connectivity index (χ2n) is 6.21. The maximum Gasteiger partial charge on any atom is 0.226 e. The van der Waals surface area contributed by atoms with E-state index in [1.807, 2.05) is 47.2 Å². The number of nitrogens with one attached hydrogen (secondary N) is 1. The summed E-state index contributed by atoms with van der Waals surface area (Å²) >= 11 is 6.14. The van der Waals surface area contributed by atoms with Crippen molar-refractivity contribution in [3.63, 3.8) is 0 Å². The quantitative estimate of drug-likeness (QED) is 0.523. The number of benzene rings is 1. The predicted molar refractivity (Wildman–Crippen MR) is 104 cm³/mol. The van der Waals surface area contributed by atoms with E-state index in [4.69, 9.17) is 11.6 Å². The zero-order valence-electron chi connectivity index (χ0n) is 14.4. The zero-order chi connectivity index (χ0) is 18.1. The minimum atomic E-state index is 0.186. The summed E-state index contributed by atoms with van der Waals surface area (Å²) in [5.41, 5.74) is 4.40. The first kappa shape index (κ1) is 16.5. The van der Waals surface area contributed by atoms with Crippen molar-refractivity contribution in [2.75, 3.05) is 5.32 Å². The Balaban J connectivity index is 1.74. The largest absolute Gasteiger partial charge is 0.338 e. The van der Waals surface area contributed by atoms with Crippen LogP contribution in [0.25, 0.3) is 22.3 Å². The molecular formula is C19H17ClN6. The molecule has 4 aromatic rings. The fourth-order valence-electron chi connectivity index (χ4n) is 2.80. The number of aromatic nitrogens is 5. The molecule has 0 spiro atoms. The molecule has 0 radical (unpaired) electrons. The highest BCUT2D eigenvalue weighted by molar-refractivity contribution is 6.28. The van der Waals surface area contributed by atoms with E-state index in [2.05, 4.69) is 39.1 Å². The molecule has 26 heavy (non-hydrogen) atoms. The van der Waals surface area contributed by atoms with Crippen molar-refractivity contribution in [1.29, 1.82) is 0 Å². The third-order valence-corrected chi connectivity index (χ3v) is 4.24. The van der Waals surface area contributed by atoms with E-state index in [-0.39, 0.29) is 11.3 Å². The molecule has 4 rings (SSSR count). The lowest BCUT2D eigenvalue weighted by molar-refractivity contribution is 0.612. The van der Waals surface area contributed by atoms with Gasteiger partial charge in [-0.05, 0) is 49.2 Å². The van der Waals surface area contributed by atoms with Gasteiger partial charge in [0.05, 0.1) is 6.33 Å². The van der Waals surface area contributed by atoms with Gasteiger partial charge in [0, 0.05) is 29.7 Å². The fraction of sp³-hybridized carbons (Fsp3) is 0.158. The molecule has 0 unspecified atom stereocenters. The summed E-state index contributed by atoms with van der Waals surface area (Å²) in [5.74, 6) is 0.586. The Morgan fingerprint density at radius 1 is 1.08 bits per heavy atom. The second kappa shape index (κ2) is 6.72. The SMILES string of the molecule is CC(C)n1cnc2c(Nc3cccc(-c4cccnc4)c3)nc(Cl)nc21. The molecule has 0 aliphatic carbocycles. The molecule has 0 saturated carbocycles. The van der Waals surface area contributed by atoms with Gasteiger partial charge in [-0.15, -0.1) is 0 Å². The summed E-state index contributed by atoms with van der Waals surface area (Å²) in [6.45, 7) is 4.14. The van der Waals surface area contributed by atoms with E-state index in [1.54, 1.807) is 12.5 Å². The van der Waals surface area contributed by atoms with Crippen molar-refractivity contribution in [2.24, 2.45) is 0 Å². The Bertz CT molecular complexity index is 1060. The van der Waals surface area contributed by atoms with Crippen LogP contribution >= 0.6 is 11.6 Å². The average Bonchev–Trinajstić information content (AvgIpc) is 3.07. The first-order chi connectivity index (χ1) is 12.6. The van der Waals surface area contributed by atoms with Gasteiger partial charge in [-0.2, -0.15) is 9.97 Å². The minimum Gasteiger partial charge on any atom is -0.338 e. The van der Waals surface area contributed by atoms with E-state index in [0.717, 1.165) is 16.8 Å². The molecule has 7 heteroatoms. The van der Waals surface area contributed by atoms with Crippen LogP contribution in [0.5, 0.6) is 0 Å². The number of hydrogen-bond donors (Lipinski definition) is 1. The van der Waals surface area contributed by atoms with Gasteiger partial charge in [0.2, 0.25) is 5.28 Å². The van der Waals surface area contributed by atoms with Crippen molar-refractivity contribution in [1.82, 2.24) is 24.5 Å². The van der Waals surface area contributed by atoms with Gasteiger partial charge in [0.1, 0.15) is 0 Å². The van der Waals surface area contributed by atoms with Crippen LogP contribution in [0.4, 0.5) is 11.5 Å². The number of imidazole rings is 1. The highest BCUT2D eigenvalue weighted by atomic mass is 35.5. The highest BCUT2D eigenvalue weighted by Gasteiger charge is 2.14. The van der Waals surface area contributed by atoms with Crippen LogP contribution < -0.4 is 5.32 Å². The summed E-state index contributed by atoms with van der Waals surface area (Å²) in [4.78, 5) is 17.3. The normalized spacial score (nSPS) is 11.2. The highest BCUT2D eigenvalue weighted by Crippen LogP contribution is 2.28. The minimum absolute atomic E-state index is 0.186. The van der Waals surface area contributed by atoms with Crippen LogP contribution in [0.1, 0.15) is 19.9 Å². The van der Waals surface area contributed by atoms with Crippen LogP contribution in [0.3, 0.4) is 0 Å². The number of halogens is 1. The Kier molecular flexibility index (Phi) is 4.26. The van der Waals surface area contributed by atoms with Crippen LogP contribution in [0.15, 0.2) is 55.1 Å². The number of rotatable bonds is 4. The second-order valence-corrected chi connectivity index (χ2v) is 6.54. The third-order valence-electron chi connectivity index (χ3n) is 4.07. The summed E-state index contributed by atoms with van der Waals surface area (Å²) < 4.78 is 1.97. The zero-order valence-corrected chi connectivity index (χ0v) is 15.1. The van der Waals surface area contributed by atoms with Crippen LogP contribution in [-0.4, -0.2) is 24.5 Å². The molecule has 0 aliphatic heterocycles. The smallest absolute Gasteiger partial charge is 0.226 e. The van der Waals surface area contributed by atoms with Crippen molar-refractivity contribution in [3.05, 3.63) is 60.4 Å². The van der Waals surface area contributed by atoms with Crippen molar-refractivity contribution in [2.45, 2.75) is 19.9 Å². The first-order valence-electron chi connectivity index (χ1n) is 8.29. The van der Waals surface area contributed by atoms with Gasteiger partial charge in [-0.25, -0.2) is 4.98 Å². The lowest BCUT2D eigenvalue weighted by Crippen LogP contribution is -2.02. The summed E-state index contributed by atoms with van der Waals surface area (Å²) in [6, 6.07) is 12.2. The van der Waals surface area contributed by atoms with Gasteiger partial charge in [-0.3, -0.25) is 4.98 Å². The Morgan fingerprint density at radius 2 is 1.92 bits per heavy atom. The number of anilines is 2. The first-order valence-corrected chi connectivity index (χ1v) is 8.67. The van der Waals surface area contributed by atoms with Crippen molar-refractivity contribution < 1.29 is 0 Å². The predicted octanol–water partition coefficient (Wildman–Crippen LogP) is 4.87. The monoisotopic (exact) mass is 364 g/mol. The van der Waals surface area contributed by atoms with E-state index in [1.165, 1.54) is 0 Å². The molecule has 6 nitrogen and oxygen atoms in total. The number of fused-ring (bicyclic) bond motifs is 1. The molecular weight excluding hydrogens is 348 g/mol. The summed E-state index contributed by atoms with van der Waals surface area (Å²) in [6.07, 6.45) is 5.36. The van der Waals surface area contributed by atoms with E-state index < -0.39 is 0 Å². The molecule has 0 saturated heterocycles. The molecule has 0 atom stereocenters. The van der Waals surface area contributed by atoms with Crippen molar-refractivity contribution >= 4 is 34.3 Å². The molecule has 1 aromatic carbocycles. The molecule has 0 bridgehead atoms. The van der Waals surface area contributed by atoms with Crippen LogP contribution in [0, 0.1) is 0 Å². The summed E-state index contributed by atoms with van der Waals surface area (Å²) in [7, 11) is 0. The molecule has 0 fully saturated rings. The van der Waals surface area contributed by atoms with E-state index in [0.29, 0.717) is 17.0 Å². The molecule has 0 amide bonds. The Morgan fingerprint density at radius 3 is 2.69 bits per heavy atom. The molecule has 0 aliphatic rings. The topological polar surface area (TPSA) is 68.5 Å². The standard InChI is InChI=1S/C19H17ClN6/c1-12(2)26-11-22-16-17(24-19(20)25-18(16)26)23-15-7-3-5-13(9-15)14-6-4-8-21-10-14/h3-12H,1-2H3,(H,23,24,25). The van der Waals surface area contributed by atoms with Crippen molar-refractivity contribution in [3.8, 4) is 11.1 Å². The Hall–Kier alpha value is -2.99. The third kappa shape index (κ3) is 3.11. The average molecular weight is 365 g/mol. The van der Waals surface area contributed by atoms with Crippen LogP contribution in [-0.2, 0) is 0 Å². The van der Waals surface area contributed by atoms with Gasteiger partial charge in [0.25, 0.3) is 0 Å². The summed E-state index contributed by atoms with van der Waals surface area (Å²) in [5, 5.41) is 3.50. The van der Waals surface area contributed by atoms with Gasteiger partial charge in [0.15, 0.2) is 17.0 Å². The molecule has 130 valence electrons. The molecule has 3 aromatic heterocycles. The van der Waals surface area contributed by atoms with E-state index >= 15 is 0 Å². The van der Waals surface area contributed by atoms with Gasteiger partial charge >= 0.3 is 0 Å². The number of nitrogens with zero attached hydrogens (tertiary/aromatic N) is 5. The van der Waals surface area contributed by atoms with Gasteiger partial charge in [-0.1, -0.05) is 18.2 Å². The van der Waals surface area contributed by atoms with E-state index in [9.17, 15) is 0 Å². The Labute approximate surface area is 155 Å².